The van der Waals surface area contributed by atoms with Crippen LogP contribution in [0, 0.1) is 5.92 Å². The normalized spacial score (nSPS) is 29.0. The minimum absolute atomic E-state index is 0.0210. The summed E-state index contributed by atoms with van der Waals surface area (Å²) in [5, 5.41) is 9.93. The molecule has 1 saturated heterocycles. The summed E-state index contributed by atoms with van der Waals surface area (Å²) in [6, 6.07) is -0.414. The monoisotopic (exact) mass is 228 g/mol. The van der Waals surface area contributed by atoms with Crippen molar-refractivity contribution >= 4 is 5.91 Å². The molecule has 2 atom stereocenters. The molecule has 3 N–H and O–H groups in total. The Labute approximate surface area is 97.8 Å². The molecule has 94 valence electrons. The Morgan fingerprint density at radius 1 is 1.38 bits per heavy atom. The van der Waals surface area contributed by atoms with E-state index in [2.05, 4.69) is 0 Å². The average Bonchev–Trinajstić information content (AvgIpc) is 2.37. The van der Waals surface area contributed by atoms with Crippen molar-refractivity contribution in [3.8, 4) is 0 Å². The van der Waals surface area contributed by atoms with Crippen LogP contribution in [0.4, 0.5) is 0 Å². The highest BCUT2D eigenvalue weighted by Gasteiger charge is 2.29. The van der Waals surface area contributed by atoms with Gasteiger partial charge in [-0.25, -0.2) is 0 Å². The topological polar surface area (TPSA) is 66.6 Å². The number of hydrogen-bond donors (Lipinski definition) is 2. The summed E-state index contributed by atoms with van der Waals surface area (Å²) in [4.78, 5) is 13.8. The molecule has 1 unspecified atom stereocenters. The smallest absolute Gasteiger partial charge is 0.239 e. The number of nitrogens with two attached hydrogens (primary N) is 1. The summed E-state index contributed by atoms with van der Waals surface area (Å²) in [7, 11) is 0. The lowest BCUT2D eigenvalue weighted by Crippen LogP contribution is -2.47. The molecule has 0 radical (unpaired) electrons. The van der Waals surface area contributed by atoms with Gasteiger partial charge in [0.25, 0.3) is 0 Å². The molecule has 0 aromatic carbocycles. The zero-order valence-electron chi connectivity index (χ0n) is 10.6. The number of likely N-dealkylation sites (tertiary alicyclic amines) is 1. The largest absolute Gasteiger partial charge is 0.390 e. The Kier molecular flexibility index (Phi) is 4.33. The number of carbonyl (C=O) groups is 1. The molecule has 4 nitrogen and oxygen atoms in total. The Morgan fingerprint density at radius 2 is 2.00 bits per heavy atom. The van der Waals surface area contributed by atoms with Crippen molar-refractivity contribution in [1.82, 2.24) is 4.90 Å². The standard InChI is InChI=1S/C12H24N2O2/c1-9(2)10(13)11(15)14-7-4-5-12(3,16)6-8-14/h9-10,16H,4-8,13H2,1-3H3/t10-,12?/m0/s1. The maximum absolute atomic E-state index is 12.0. The molecule has 1 aliphatic rings. The van der Waals surface area contributed by atoms with Crippen LogP contribution < -0.4 is 5.73 Å². The lowest BCUT2D eigenvalue weighted by atomic mass is 9.98. The second-order valence-electron chi connectivity index (χ2n) is 5.45. The molecule has 0 aromatic heterocycles. The van der Waals surface area contributed by atoms with E-state index >= 15 is 0 Å². The third-order valence-electron chi connectivity index (χ3n) is 3.38. The van der Waals surface area contributed by atoms with E-state index in [1.54, 1.807) is 4.90 Å². The Balaban J connectivity index is 2.58. The number of amides is 1. The van der Waals surface area contributed by atoms with Gasteiger partial charge in [0.15, 0.2) is 0 Å². The van der Waals surface area contributed by atoms with E-state index in [-0.39, 0.29) is 11.8 Å². The summed E-state index contributed by atoms with van der Waals surface area (Å²) in [6.45, 7) is 7.08. The molecule has 0 bridgehead atoms. The molecule has 1 rings (SSSR count). The van der Waals surface area contributed by atoms with Gasteiger partial charge < -0.3 is 15.7 Å². The van der Waals surface area contributed by atoms with Crippen molar-refractivity contribution < 1.29 is 9.90 Å². The fourth-order valence-corrected chi connectivity index (χ4v) is 1.98. The van der Waals surface area contributed by atoms with Crippen LogP contribution >= 0.6 is 0 Å². The molecule has 0 aliphatic carbocycles. The molecule has 0 spiro atoms. The average molecular weight is 228 g/mol. The molecule has 16 heavy (non-hydrogen) atoms. The number of carbonyl (C=O) groups excluding carboxylic acids is 1. The Hall–Kier alpha value is -0.610. The molecule has 0 saturated carbocycles. The summed E-state index contributed by atoms with van der Waals surface area (Å²) >= 11 is 0. The van der Waals surface area contributed by atoms with Crippen molar-refractivity contribution in [1.29, 1.82) is 0 Å². The fourth-order valence-electron chi connectivity index (χ4n) is 1.98. The minimum Gasteiger partial charge on any atom is -0.390 e. The van der Waals surface area contributed by atoms with Crippen LogP contribution in [-0.4, -0.2) is 40.6 Å². The predicted octanol–water partition coefficient (Wildman–Crippen LogP) is 0.733. The summed E-state index contributed by atoms with van der Waals surface area (Å²) in [5.74, 6) is 0.184. The van der Waals surface area contributed by atoms with E-state index in [4.69, 9.17) is 5.73 Å². The lowest BCUT2D eigenvalue weighted by molar-refractivity contribution is -0.133. The van der Waals surface area contributed by atoms with Crippen molar-refractivity contribution in [3.63, 3.8) is 0 Å². The predicted molar refractivity (Wildman–Crippen MR) is 63.9 cm³/mol. The van der Waals surface area contributed by atoms with Gasteiger partial charge in [-0.15, -0.1) is 0 Å². The van der Waals surface area contributed by atoms with Crippen LogP contribution in [0.15, 0.2) is 0 Å². The van der Waals surface area contributed by atoms with E-state index in [0.29, 0.717) is 13.0 Å². The van der Waals surface area contributed by atoms with Crippen LogP contribution in [0.2, 0.25) is 0 Å². The Bertz CT molecular complexity index is 251. The van der Waals surface area contributed by atoms with Crippen LogP contribution in [0.25, 0.3) is 0 Å². The first-order valence-corrected chi connectivity index (χ1v) is 6.10. The van der Waals surface area contributed by atoms with Gasteiger partial charge in [-0.2, -0.15) is 0 Å². The van der Waals surface area contributed by atoms with Gasteiger partial charge in [0.05, 0.1) is 11.6 Å². The van der Waals surface area contributed by atoms with Crippen molar-refractivity contribution in [3.05, 3.63) is 0 Å². The Morgan fingerprint density at radius 3 is 2.56 bits per heavy atom. The third kappa shape index (κ3) is 3.46. The molecular formula is C12H24N2O2. The summed E-state index contributed by atoms with van der Waals surface area (Å²) in [6.07, 6.45) is 2.25. The lowest BCUT2D eigenvalue weighted by Gasteiger charge is -2.26. The van der Waals surface area contributed by atoms with Crippen LogP contribution in [0.1, 0.15) is 40.0 Å². The zero-order valence-corrected chi connectivity index (χ0v) is 10.6. The van der Waals surface area contributed by atoms with E-state index in [1.165, 1.54) is 0 Å². The van der Waals surface area contributed by atoms with Gasteiger partial charge in [0, 0.05) is 13.1 Å². The minimum atomic E-state index is -0.628. The first-order chi connectivity index (χ1) is 7.33. The first kappa shape index (κ1) is 13.5. The number of rotatable bonds is 2. The summed E-state index contributed by atoms with van der Waals surface area (Å²) in [5.41, 5.74) is 5.23. The van der Waals surface area contributed by atoms with Gasteiger partial charge in [-0.05, 0) is 32.1 Å². The molecule has 1 fully saturated rings. The fraction of sp³-hybridized carbons (Fsp3) is 0.917. The zero-order chi connectivity index (χ0) is 12.3. The van der Waals surface area contributed by atoms with Crippen LogP contribution in [0.3, 0.4) is 0 Å². The molecular weight excluding hydrogens is 204 g/mol. The van der Waals surface area contributed by atoms with E-state index < -0.39 is 11.6 Å². The number of nitrogens with zero attached hydrogens (tertiary/aromatic N) is 1. The summed E-state index contributed by atoms with van der Waals surface area (Å²) < 4.78 is 0. The molecule has 1 amide bonds. The van der Waals surface area contributed by atoms with E-state index in [9.17, 15) is 9.90 Å². The van der Waals surface area contributed by atoms with Crippen molar-refractivity contribution in [2.75, 3.05) is 13.1 Å². The molecule has 1 aliphatic heterocycles. The van der Waals surface area contributed by atoms with Gasteiger partial charge in [-0.3, -0.25) is 4.79 Å². The highest BCUT2D eigenvalue weighted by molar-refractivity contribution is 5.81. The van der Waals surface area contributed by atoms with E-state index in [0.717, 1.165) is 19.4 Å². The quantitative estimate of drug-likeness (QED) is 0.732. The molecule has 4 heteroatoms. The number of aliphatic hydroxyl groups is 1. The van der Waals surface area contributed by atoms with Crippen LogP contribution in [0.5, 0.6) is 0 Å². The van der Waals surface area contributed by atoms with Gasteiger partial charge in [0.1, 0.15) is 0 Å². The van der Waals surface area contributed by atoms with Crippen LogP contribution in [-0.2, 0) is 4.79 Å². The maximum Gasteiger partial charge on any atom is 0.239 e. The third-order valence-corrected chi connectivity index (χ3v) is 3.38. The number of hydrogen-bond acceptors (Lipinski definition) is 3. The highest BCUT2D eigenvalue weighted by atomic mass is 16.3. The molecule has 1 heterocycles. The van der Waals surface area contributed by atoms with Crippen molar-refractivity contribution in [2.24, 2.45) is 11.7 Å². The SMILES string of the molecule is CC(C)[C@H](N)C(=O)N1CCCC(C)(O)CC1. The van der Waals surface area contributed by atoms with Gasteiger partial charge in [-0.1, -0.05) is 13.8 Å². The van der Waals surface area contributed by atoms with Gasteiger partial charge >= 0.3 is 0 Å². The van der Waals surface area contributed by atoms with Crippen molar-refractivity contribution in [2.45, 2.75) is 51.7 Å². The second kappa shape index (κ2) is 5.15. The van der Waals surface area contributed by atoms with E-state index in [1.807, 2.05) is 20.8 Å². The maximum atomic E-state index is 12.0. The van der Waals surface area contributed by atoms with Gasteiger partial charge in [0.2, 0.25) is 5.91 Å². The second-order valence-corrected chi connectivity index (χ2v) is 5.45. The molecule has 0 aromatic rings. The first-order valence-electron chi connectivity index (χ1n) is 6.10. The highest BCUT2D eigenvalue weighted by Crippen LogP contribution is 2.22.